The van der Waals surface area contributed by atoms with Crippen molar-refractivity contribution in [3.63, 3.8) is 0 Å². The highest BCUT2D eigenvalue weighted by Crippen LogP contribution is 2.17. The van der Waals surface area contributed by atoms with Crippen molar-refractivity contribution in [3.05, 3.63) is 73.0 Å². The second kappa shape index (κ2) is 6.79. The second-order valence-electron chi connectivity index (χ2n) is 5.41. The van der Waals surface area contributed by atoms with E-state index in [0.717, 1.165) is 16.8 Å². The summed E-state index contributed by atoms with van der Waals surface area (Å²) in [6, 6.07) is 5.04. The molecular formula is C16H10BrF2N3O4. The molecule has 0 amide bonds. The summed E-state index contributed by atoms with van der Waals surface area (Å²) in [5.74, 6) is -2.86. The van der Waals surface area contributed by atoms with Crippen molar-refractivity contribution in [1.82, 2.24) is 14.1 Å². The number of aromatic nitrogens is 3. The lowest BCUT2D eigenvalue weighted by Crippen LogP contribution is -2.42. The van der Waals surface area contributed by atoms with Gasteiger partial charge in [-0.15, -0.1) is 0 Å². The van der Waals surface area contributed by atoms with E-state index in [1.807, 2.05) is 0 Å². The molecule has 1 aromatic carbocycles. The summed E-state index contributed by atoms with van der Waals surface area (Å²) >= 11 is 3.12. The SMILES string of the molecule is O=C(O)Cn1c(=O)c2cc(F)cnc2n(Cc2ccc(Br)cc2F)c1=O. The Hall–Kier alpha value is -2.88. The molecule has 0 saturated carbocycles. The Bertz CT molecular complexity index is 1160. The predicted octanol–water partition coefficient (Wildman–Crippen LogP) is 1.73. The lowest BCUT2D eigenvalue weighted by atomic mass is 10.2. The molecule has 3 rings (SSSR count). The fourth-order valence-corrected chi connectivity index (χ4v) is 2.84. The standard InChI is InChI=1S/C16H10BrF2N3O4/c17-9-2-1-8(12(19)3-9)6-21-14-11(4-10(18)5-20-14)15(25)22(16(21)26)7-13(23)24/h1-5H,6-7H2,(H,23,24). The molecule has 10 heteroatoms. The number of carboxylic acid groups (broad SMARTS) is 1. The lowest BCUT2D eigenvalue weighted by Gasteiger charge is -2.13. The largest absolute Gasteiger partial charge is 0.480 e. The van der Waals surface area contributed by atoms with Gasteiger partial charge in [-0.3, -0.25) is 14.2 Å². The number of hydrogen-bond donors (Lipinski definition) is 1. The zero-order valence-electron chi connectivity index (χ0n) is 12.9. The number of fused-ring (bicyclic) bond motifs is 1. The van der Waals surface area contributed by atoms with Gasteiger partial charge in [-0.1, -0.05) is 22.0 Å². The van der Waals surface area contributed by atoms with Crippen molar-refractivity contribution in [2.45, 2.75) is 13.1 Å². The molecule has 0 bridgehead atoms. The fraction of sp³-hybridized carbons (Fsp3) is 0.125. The summed E-state index contributed by atoms with van der Waals surface area (Å²) in [6.07, 6.45) is 0.817. The van der Waals surface area contributed by atoms with Crippen LogP contribution in [0.4, 0.5) is 8.78 Å². The number of pyridine rings is 1. The Morgan fingerprint density at radius 3 is 2.58 bits per heavy atom. The average molecular weight is 426 g/mol. The van der Waals surface area contributed by atoms with Gasteiger partial charge in [0.2, 0.25) is 0 Å². The highest BCUT2D eigenvalue weighted by molar-refractivity contribution is 9.10. The molecule has 2 heterocycles. The van der Waals surface area contributed by atoms with E-state index in [1.54, 1.807) is 6.07 Å². The monoisotopic (exact) mass is 425 g/mol. The van der Waals surface area contributed by atoms with Crippen LogP contribution in [0.3, 0.4) is 0 Å². The molecule has 0 fully saturated rings. The van der Waals surface area contributed by atoms with E-state index in [9.17, 15) is 23.2 Å². The van der Waals surface area contributed by atoms with Crippen LogP contribution < -0.4 is 11.2 Å². The number of hydrogen-bond acceptors (Lipinski definition) is 4. The van der Waals surface area contributed by atoms with Gasteiger partial charge in [-0.05, 0) is 18.2 Å². The number of carboxylic acids is 1. The number of halogens is 3. The topological polar surface area (TPSA) is 94.2 Å². The predicted molar refractivity (Wildman–Crippen MR) is 91.1 cm³/mol. The quantitative estimate of drug-likeness (QED) is 0.686. The van der Waals surface area contributed by atoms with E-state index in [1.165, 1.54) is 12.1 Å². The van der Waals surface area contributed by atoms with Crippen LogP contribution in [0.1, 0.15) is 5.56 Å². The molecule has 0 aliphatic rings. The average Bonchev–Trinajstić information content (AvgIpc) is 2.57. The zero-order chi connectivity index (χ0) is 19.0. The lowest BCUT2D eigenvalue weighted by molar-refractivity contribution is -0.137. The number of rotatable bonds is 4. The molecule has 7 nitrogen and oxygen atoms in total. The zero-order valence-corrected chi connectivity index (χ0v) is 14.5. The van der Waals surface area contributed by atoms with E-state index in [0.29, 0.717) is 9.04 Å². The molecular weight excluding hydrogens is 416 g/mol. The molecule has 0 atom stereocenters. The first-order chi connectivity index (χ1) is 12.3. The Morgan fingerprint density at radius 2 is 1.92 bits per heavy atom. The minimum Gasteiger partial charge on any atom is -0.480 e. The van der Waals surface area contributed by atoms with Crippen LogP contribution in [0, 0.1) is 11.6 Å². The number of nitrogens with zero attached hydrogens (tertiary/aromatic N) is 3. The maximum Gasteiger partial charge on any atom is 0.333 e. The van der Waals surface area contributed by atoms with Gasteiger partial charge in [0, 0.05) is 10.0 Å². The molecule has 0 spiro atoms. The van der Waals surface area contributed by atoms with Crippen LogP contribution in [0.5, 0.6) is 0 Å². The van der Waals surface area contributed by atoms with E-state index in [-0.39, 0.29) is 23.1 Å². The first-order valence-electron chi connectivity index (χ1n) is 7.22. The van der Waals surface area contributed by atoms with Crippen LogP contribution >= 0.6 is 15.9 Å². The van der Waals surface area contributed by atoms with E-state index in [2.05, 4.69) is 20.9 Å². The second-order valence-corrected chi connectivity index (χ2v) is 6.33. The molecule has 1 N–H and O–H groups in total. The summed E-state index contributed by atoms with van der Waals surface area (Å²) in [7, 11) is 0. The minimum atomic E-state index is -1.42. The molecule has 3 aromatic rings. The molecule has 0 saturated heterocycles. The van der Waals surface area contributed by atoms with Crippen molar-refractivity contribution in [2.24, 2.45) is 0 Å². The van der Waals surface area contributed by atoms with Crippen LogP contribution in [-0.4, -0.2) is 25.2 Å². The van der Waals surface area contributed by atoms with Crippen LogP contribution in [-0.2, 0) is 17.9 Å². The van der Waals surface area contributed by atoms with Crippen molar-refractivity contribution in [3.8, 4) is 0 Å². The molecule has 0 aliphatic heterocycles. The third kappa shape index (κ3) is 3.27. The molecule has 0 aliphatic carbocycles. The van der Waals surface area contributed by atoms with Crippen LogP contribution in [0.2, 0.25) is 0 Å². The normalized spacial score (nSPS) is 11.0. The molecule has 0 radical (unpaired) electrons. The van der Waals surface area contributed by atoms with Gasteiger partial charge in [0.15, 0.2) is 0 Å². The molecule has 2 aromatic heterocycles. The Balaban J connectivity index is 2.31. The van der Waals surface area contributed by atoms with E-state index in [4.69, 9.17) is 5.11 Å². The maximum atomic E-state index is 14.1. The van der Waals surface area contributed by atoms with Gasteiger partial charge >= 0.3 is 11.7 Å². The van der Waals surface area contributed by atoms with Crippen molar-refractivity contribution in [2.75, 3.05) is 0 Å². The molecule has 26 heavy (non-hydrogen) atoms. The van der Waals surface area contributed by atoms with Gasteiger partial charge in [0.1, 0.15) is 23.8 Å². The third-order valence-electron chi connectivity index (χ3n) is 3.66. The van der Waals surface area contributed by atoms with Gasteiger partial charge in [0.25, 0.3) is 5.56 Å². The van der Waals surface area contributed by atoms with Crippen molar-refractivity contribution < 1.29 is 18.7 Å². The smallest absolute Gasteiger partial charge is 0.333 e. The minimum absolute atomic E-state index is 0.114. The van der Waals surface area contributed by atoms with Crippen LogP contribution in [0.15, 0.2) is 44.5 Å². The summed E-state index contributed by atoms with van der Waals surface area (Å²) in [4.78, 5) is 39.7. The summed E-state index contributed by atoms with van der Waals surface area (Å²) in [5.41, 5.74) is -2.01. The number of aliphatic carboxylic acids is 1. The Labute approximate surface area is 152 Å². The number of benzene rings is 1. The van der Waals surface area contributed by atoms with Crippen LogP contribution in [0.25, 0.3) is 11.0 Å². The van der Waals surface area contributed by atoms with Gasteiger partial charge in [-0.2, -0.15) is 0 Å². The van der Waals surface area contributed by atoms with Crippen molar-refractivity contribution in [1.29, 1.82) is 0 Å². The maximum absolute atomic E-state index is 14.1. The highest BCUT2D eigenvalue weighted by Gasteiger charge is 2.18. The van der Waals surface area contributed by atoms with Gasteiger partial charge in [0.05, 0.1) is 18.1 Å². The number of carbonyl (C=O) groups is 1. The van der Waals surface area contributed by atoms with Crippen molar-refractivity contribution >= 4 is 32.9 Å². The Morgan fingerprint density at radius 1 is 1.19 bits per heavy atom. The Kier molecular flexibility index (Phi) is 4.68. The summed E-state index contributed by atoms with van der Waals surface area (Å²) in [5, 5.41) is 8.66. The fourth-order valence-electron chi connectivity index (χ4n) is 2.51. The summed E-state index contributed by atoms with van der Waals surface area (Å²) in [6.45, 7) is -1.22. The highest BCUT2D eigenvalue weighted by atomic mass is 79.9. The third-order valence-corrected chi connectivity index (χ3v) is 4.16. The van der Waals surface area contributed by atoms with Gasteiger partial charge < -0.3 is 5.11 Å². The summed E-state index contributed by atoms with van der Waals surface area (Å²) < 4.78 is 29.5. The molecule has 0 unspecified atom stereocenters. The van der Waals surface area contributed by atoms with E-state index < -0.39 is 35.4 Å². The first-order valence-corrected chi connectivity index (χ1v) is 8.02. The molecule has 134 valence electrons. The van der Waals surface area contributed by atoms with E-state index >= 15 is 0 Å². The first kappa shape index (κ1) is 17.9. The van der Waals surface area contributed by atoms with Gasteiger partial charge in [-0.25, -0.2) is 23.1 Å².